The molecule has 1 aliphatic carbocycles. The summed E-state index contributed by atoms with van der Waals surface area (Å²) in [5, 5.41) is 3.17. The van der Waals surface area contributed by atoms with E-state index in [1.54, 1.807) is 0 Å². The topological polar surface area (TPSA) is 32.3 Å². The number of carbonyl (C=O) groups excluding carboxylic acids is 1. The second-order valence-electron chi connectivity index (χ2n) is 5.48. The highest BCUT2D eigenvalue weighted by Crippen LogP contribution is 2.49. The van der Waals surface area contributed by atoms with Gasteiger partial charge in [-0.05, 0) is 57.0 Å². The highest BCUT2D eigenvalue weighted by Gasteiger charge is 2.43. The Kier molecular flexibility index (Phi) is 3.80. The first-order chi connectivity index (χ1) is 7.63. The second kappa shape index (κ2) is 4.96. The van der Waals surface area contributed by atoms with E-state index >= 15 is 0 Å². The van der Waals surface area contributed by atoms with E-state index in [4.69, 9.17) is 0 Å². The number of nitrogens with one attached hydrogen (secondary N) is 1. The van der Waals surface area contributed by atoms with Crippen LogP contribution in [0.3, 0.4) is 0 Å². The van der Waals surface area contributed by atoms with E-state index in [-0.39, 0.29) is 11.3 Å². The predicted molar refractivity (Wildman–Crippen MR) is 68.8 cm³/mol. The highest BCUT2D eigenvalue weighted by molar-refractivity contribution is 7.80. The smallest absolute Gasteiger partial charge is 0.220 e. The van der Waals surface area contributed by atoms with Crippen molar-refractivity contribution in [1.82, 2.24) is 10.2 Å². The summed E-state index contributed by atoms with van der Waals surface area (Å²) in [6.45, 7) is 2.20. The first kappa shape index (κ1) is 12.2. The minimum atomic E-state index is 0.237. The van der Waals surface area contributed by atoms with Crippen LogP contribution in [0, 0.1) is 5.41 Å². The standard InChI is InChI=1S/C12H22N2OS/c1-14-6-2-10(3-7-14)13-11(15)8-12(9-16)4-5-12/h10,16H,2-9H2,1H3,(H,13,15). The molecule has 1 N–H and O–H groups in total. The largest absolute Gasteiger partial charge is 0.353 e. The number of amides is 1. The SMILES string of the molecule is CN1CCC(NC(=O)CC2(CS)CC2)CC1. The molecule has 0 atom stereocenters. The Bertz CT molecular complexity index is 258. The van der Waals surface area contributed by atoms with Crippen LogP contribution in [-0.2, 0) is 4.79 Å². The summed E-state index contributed by atoms with van der Waals surface area (Å²) in [7, 11) is 2.14. The third-order valence-corrected chi connectivity index (χ3v) is 4.58. The minimum Gasteiger partial charge on any atom is -0.353 e. The number of nitrogens with zero attached hydrogens (tertiary/aromatic N) is 1. The van der Waals surface area contributed by atoms with Crippen LogP contribution in [0.5, 0.6) is 0 Å². The summed E-state index contributed by atoms with van der Waals surface area (Å²) >= 11 is 4.33. The quantitative estimate of drug-likeness (QED) is 0.728. The van der Waals surface area contributed by atoms with Gasteiger partial charge < -0.3 is 10.2 Å². The van der Waals surface area contributed by atoms with Gasteiger partial charge in [-0.2, -0.15) is 12.6 Å². The zero-order valence-corrected chi connectivity index (χ0v) is 10.9. The molecule has 1 amide bonds. The lowest BCUT2D eigenvalue weighted by atomic mass is 10.0. The molecule has 4 heteroatoms. The average molecular weight is 242 g/mol. The molecule has 16 heavy (non-hydrogen) atoms. The first-order valence-corrected chi connectivity index (χ1v) is 6.86. The molecule has 1 saturated carbocycles. The summed E-state index contributed by atoms with van der Waals surface area (Å²) in [5.41, 5.74) is 0.249. The lowest BCUT2D eigenvalue weighted by Gasteiger charge is -2.29. The average Bonchev–Trinajstić information content (AvgIpc) is 3.02. The molecule has 2 fully saturated rings. The van der Waals surface area contributed by atoms with Crippen molar-refractivity contribution >= 4 is 18.5 Å². The Hall–Kier alpha value is -0.220. The zero-order chi connectivity index (χ0) is 11.6. The molecule has 3 nitrogen and oxygen atoms in total. The van der Waals surface area contributed by atoms with Gasteiger partial charge in [0.05, 0.1) is 0 Å². The fourth-order valence-electron chi connectivity index (χ4n) is 2.34. The van der Waals surface area contributed by atoms with E-state index in [1.807, 2.05) is 0 Å². The number of likely N-dealkylation sites (tertiary alicyclic amines) is 1. The number of carbonyl (C=O) groups is 1. The van der Waals surface area contributed by atoms with Gasteiger partial charge in [-0.3, -0.25) is 4.79 Å². The van der Waals surface area contributed by atoms with E-state index in [1.165, 1.54) is 12.8 Å². The van der Waals surface area contributed by atoms with E-state index in [2.05, 4.69) is 29.9 Å². The van der Waals surface area contributed by atoms with Gasteiger partial charge in [0.1, 0.15) is 0 Å². The monoisotopic (exact) mass is 242 g/mol. The van der Waals surface area contributed by atoms with Crippen LogP contribution in [0.1, 0.15) is 32.1 Å². The molecular formula is C12H22N2OS. The van der Waals surface area contributed by atoms with E-state index in [0.717, 1.165) is 31.7 Å². The van der Waals surface area contributed by atoms with Gasteiger partial charge >= 0.3 is 0 Å². The molecule has 0 unspecified atom stereocenters. The third-order valence-electron chi connectivity index (χ3n) is 3.91. The van der Waals surface area contributed by atoms with Crippen molar-refractivity contribution in [3.8, 4) is 0 Å². The molecule has 0 radical (unpaired) electrons. The van der Waals surface area contributed by atoms with Crippen LogP contribution >= 0.6 is 12.6 Å². The molecule has 0 aromatic rings. The van der Waals surface area contributed by atoms with Crippen LogP contribution in [0.25, 0.3) is 0 Å². The fourth-order valence-corrected chi connectivity index (χ4v) is 2.77. The normalized spacial score (nSPS) is 25.4. The van der Waals surface area contributed by atoms with Crippen LogP contribution in [0.2, 0.25) is 0 Å². The number of rotatable bonds is 4. The van der Waals surface area contributed by atoms with Crippen molar-refractivity contribution in [2.45, 2.75) is 38.1 Å². The maximum absolute atomic E-state index is 11.8. The summed E-state index contributed by atoms with van der Waals surface area (Å²) in [5.74, 6) is 1.09. The number of hydrogen-bond acceptors (Lipinski definition) is 3. The fraction of sp³-hybridized carbons (Fsp3) is 0.917. The molecule has 2 rings (SSSR count). The van der Waals surface area contributed by atoms with Crippen molar-refractivity contribution in [3.63, 3.8) is 0 Å². The predicted octanol–water partition coefficient (Wildman–Crippen LogP) is 1.30. The van der Waals surface area contributed by atoms with Gasteiger partial charge in [-0.25, -0.2) is 0 Å². The van der Waals surface area contributed by atoms with Crippen LogP contribution < -0.4 is 5.32 Å². The summed E-state index contributed by atoms with van der Waals surface area (Å²) in [6, 6.07) is 0.402. The van der Waals surface area contributed by atoms with Crippen molar-refractivity contribution < 1.29 is 4.79 Å². The van der Waals surface area contributed by atoms with E-state index in [0.29, 0.717) is 12.5 Å². The Morgan fingerprint density at radius 2 is 2.06 bits per heavy atom. The van der Waals surface area contributed by atoms with Gasteiger partial charge in [0.25, 0.3) is 0 Å². The number of hydrogen-bond donors (Lipinski definition) is 2. The molecule has 0 aromatic carbocycles. The third kappa shape index (κ3) is 3.14. The molecule has 0 spiro atoms. The van der Waals surface area contributed by atoms with Crippen LogP contribution in [-0.4, -0.2) is 42.7 Å². The minimum absolute atomic E-state index is 0.237. The Morgan fingerprint density at radius 1 is 1.44 bits per heavy atom. The second-order valence-corrected chi connectivity index (χ2v) is 5.80. The lowest BCUT2D eigenvalue weighted by molar-refractivity contribution is -0.123. The summed E-state index contributed by atoms with van der Waals surface area (Å²) in [6.07, 6.45) is 5.23. The van der Waals surface area contributed by atoms with Crippen molar-refractivity contribution in [1.29, 1.82) is 0 Å². The molecule has 0 bridgehead atoms. The van der Waals surface area contributed by atoms with Crippen molar-refractivity contribution in [3.05, 3.63) is 0 Å². The summed E-state index contributed by atoms with van der Waals surface area (Å²) in [4.78, 5) is 14.2. The molecule has 1 heterocycles. The van der Waals surface area contributed by atoms with Gasteiger partial charge in [-0.1, -0.05) is 0 Å². The highest BCUT2D eigenvalue weighted by atomic mass is 32.1. The Morgan fingerprint density at radius 3 is 2.56 bits per heavy atom. The molecule has 2 aliphatic rings. The van der Waals surface area contributed by atoms with Crippen molar-refractivity contribution in [2.24, 2.45) is 5.41 Å². The molecular weight excluding hydrogens is 220 g/mol. The first-order valence-electron chi connectivity index (χ1n) is 6.22. The zero-order valence-electron chi connectivity index (χ0n) is 10.0. The number of piperidine rings is 1. The van der Waals surface area contributed by atoms with Crippen LogP contribution in [0.4, 0.5) is 0 Å². The van der Waals surface area contributed by atoms with E-state index in [9.17, 15) is 4.79 Å². The van der Waals surface area contributed by atoms with Crippen LogP contribution in [0.15, 0.2) is 0 Å². The lowest BCUT2D eigenvalue weighted by Crippen LogP contribution is -2.43. The van der Waals surface area contributed by atoms with Gasteiger partial charge in [0, 0.05) is 12.5 Å². The maximum atomic E-state index is 11.8. The van der Waals surface area contributed by atoms with Gasteiger partial charge in [0.2, 0.25) is 5.91 Å². The molecule has 92 valence electrons. The Labute approximate surface area is 103 Å². The number of thiol groups is 1. The van der Waals surface area contributed by atoms with Gasteiger partial charge in [0.15, 0.2) is 0 Å². The molecule has 0 aromatic heterocycles. The van der Waals surface area contributed by atoms with E-state index < -0.39 is 0 Å². The molecule has 1 aliphatic heterocycles. The molecule has 1 saturated heterocycles. The summed E-state index contributed by atoms with van der Waals surface area (Å²) < 4.78 is 0. The van der Waals surface area contributed by atoms with Crippen molar-refractivity contribution in [2.75, 3.05) is 25.9 Å². The Balaban J connectivity index is 1.71. The van der Waals surface area contributed by atoms with Gasteiger partial charge in [-0.15, -0.1) is 0 Å². The maximum Gasteiger partial charge on any atom is 0.220 e.